The van der Waals surface area contributed by atoms with E-state index in [-0.39, 0.29) is 29.2 Å². The SMILES string of the molecule is Cc1cc(NS(=O)(=O)C2(C[C@H](O)CO)CC2)c(Nc2ccc(I)cc2F)n(C)c1=O. The van der Waals surface area contributed by atoms with Crippen molar-refractivity contribution in [2.24, 2.45) is 7.05 Å². The smallest absolute Gasteiger partial charge is 0.254 e. The van der Waals surface area contributed by atoms with Gasteiger partial charge in [0, 0.05) is 16.2 Å². The van der Waals surface area contributed by atoms with Crippen LogP contribution in [0.1, 0.15) is 24.8 Å². The fourth-order valence-corrected chi connectivity index (χ4v) is 5.48. The van der Waals surface area contributed by atoms with Crippen molar-refractivity contribution in [3.05, 3.63) is 49.6 Å². The number of benzene rings is 1. The van der Waals surface area contributed by atoms with Crippen molar-refractivity contribution >= 4 is 49.8 Å². The van der Waals surface area contributed by atoms with Crippen LogP contribution >= 0.6 is 22.6 Å². The normalized spacial score (nSPS) is 16.2. The fraction of sp³-hybridized carbons (Fsp3) is 0.421. The monoisotopic (exact) mass is 551 g/mol. The first kappa shape index (κ1) is 23.0. The lowest BCUT2D eigenvalue weighted by Gasteiger charge is -2.23. The van der Waals surface area contributed by atoms with Gasteiger partial charge in [-0.05, 0) is 73.0 Å². The highest BCUT2D eigenvalue weighted by atomic mass is 127. The summed E-state index contributed by atoms with van der Waals surface area (Å²) >= 11 is 1.97. The van der Waals surface area contributed by atoms with Crippen LogP contribution in [0.15, 0.2) is 29.1 Å². The summed E-state index contributed by atoms with van der Waals surface area (Å²) in [6.45, 7) is 1.02. The average Bonchev–Trinajstić information content (AvgIpc) is 3.45. The van der Waals surface area contributed by atoms with Crippen molar-refractivity contribution < 1.29 is 23.0 Å². The Balaban J connectivity index is 2.01. The summed E-state index contributed by atoms with van der Waals surface area (Å²) < 4.78 is 43.7. The van der Waals surface area contributed by atoms with Gasteiger partial charge in [-0.25, -0.2) is 12.8 Å². The number of aromatic nitrogens is 1. The van der Waals surface area contributed by atoms with Gasteiger partial charge in [0.25, 0.3) is 5.56 Å². The number of hydrogen-bond acceptors (Lipinski definition) is 6. The Morgan fingerprint density at radius 3 is 2.53 bits per heavy atom. The van der Waals surface area contributed by atoms with Gasteiger partial charge in [0.2, 0.25) is 10.0 Å². The van der Waals surface area contributed by atoms with Crippen molar-refractivity contribution in [2.45, 2.75) is 37.0 Å². The summed E-state index contributed by atoms with van der Waals surface area (Å²) in [5, 5.41) is 21.7. The second kappa shape index (κ2) is 8.44. The molecule has 11 heteroatoms. The van der Waals surface area contributed by atoms with E-state index in [0.717, 1.165) is 0 Å². The number of aliphatic hydroxyl groups is 2. The maximum atomic E-state index is 14.4. The molecule has 0 aliphatic heterocycles. The van der Waals surface area contributed by atoms with Crippen LogP contribution in [0.2, 0.25) is 0 Å². The summed E-state index contributed by atoms with van der Waals surface area (Å²) in [4.78, 5) is 12.4. The molecule has 1 aromatic heterocycles. The summed E-state index contributed by atoms with van der Waals surface area (Å²) in [7, 11) is -2.50. The van der Waals surface area contributed by atoms with Crippen molar-refractivity contribution in [3.8, 4) is 0 Å². The largest absolute Gasteiger partial charge is 0.394 e. The first-order valence-corrected chi connectivity index (χ1v) is 11.8. The van der Waals surface area contributed by atoms with E-state index < -0.39 is 33.3 Å². The number of pyridine rings is 1. The van der Waals surface area contributed by atoms with Gasteiger partial charge in [-0.1, -0.05) is 0 Å². The fourth-order valence-electron chi connectivity index (χ4n) is 3.31. The molecule has 0 bridgehead atoms. The molecule has 0 radical (unpaired) electrons. The van der Waals surface area contributed by atoms with Crippen LogP contribution in [0.3, 0.4) is 0 Å². The summed E-state index contributed by atoms with van der Waals surface area (Å²) in [6.07, 6.45) is -0.556. The molecule has 4 N–H and O–H groups in total. The standard InChI is InChI=1S/C19H23FIN3O5S/c1-11-7-16(23-30(28,29)19(5-6-19)9-13(26)10-25)17(24(2)18(11)27)22-15-4-3-12(21)8-14(15)20/h3-4,7-8,13,22-23,25-26H,5-6,9-10H2,1-2H3/t13-/m0/s1. The summed E-state index contributed by atoms with van der Waals surface area (Å²) in [5.41, 5.74) is 0.135. The Kier molecular flexibility index (Phi) is 6.46. The van der Waals surface area contributed by atoms with Gasteiger partial charge in [-0.15, -0.1) is 0 Å². The molecule has 1 aliphatic rings. The first-order valence-electron chi connectivity index (χ1n) is 9.24. The molecule has 1 aromatic carbocycles. The second-order valence-electron chi connectivity index (χ2n) is 7.53. The summed E-state index contributed by atoms with van der Waals surface area (Å²) in [5.74, 6) is -0.457. The third-order valence-corrected chi connectivity index (χ3v) is 8.09. The third-order valence-electron chi connectivity index (χ3n) is 5.22. The minimum Gasteiger partial charge on any atom is -0.394 e. The summed E-state index contributed by atoms with van der Waals surface area (Å²) in [6, 6.07) is 5.89. The van der Waals surface area contributed by atoms with Crippen LogP contribution in [0.4, 0.5) is 21.6 Å². The van der Waals surface area contributed by atoms with E-state index in [4.69, 9.17) is 5.11 Å². The van der Waals surface area contributed by atoms with Crippen LogP contribution in [0, 0.1) is 16.3 Å². The van der Waals surface area contributed by atoms with Crippen LogP contribution in [0.25, 0.3) is 0 Å². The van der Waals surface area contributed by atoms with Gasteiger partial charge in [-0.3, -0.25) is 14.1 Å². The van der Waals surface area contributed by atoms with E-state index in [1.54, 1.807) is 13.0 Å². The number of nitrogens with zero attached hydrogens (tertiary/aromatic N) is 1. The van der Waals surface area contributed by atoms with Crippen LogP contribution in [-0.2, 0) is 17.1 Å². The van der Waals surface area contributed by atoms with Gasteiger partial charge in [-0.2, -0.15) is 0 Å². The van der Waals surface area contributed by atoms with Gasteiger partial charge in [0.1, 0.15) is 11.6 Å². The maximum absolute atomic E-state index is 14.4. The molecular formula is C19H23FIN3O5S. The number of rotatable bonds is 8. The van der Waals surface area contributed by atoms with E-state index >= 15 is 0 Å². The number of nitrogens with one attached hydrogen (secondary N) is 2. The van der Waals surface area contributed by atoms with Crippen LogP contribution in [0.5, 0.6) is 0 Å². The molecule has 3 rings (SSSR count). The lowest BCUT2D eigenvalue weighted by molar-refractivity contribution is 0.0858. The molecule has 2 aromatic rings. The third kappa shape index (κ3) is 4.48. The van der Waals surface area contributed by atoms with E-state index in [9.17, 15) is 22.7 Å². The van der Waals surface area contributed by atoms with E-state index in [2.05, 4.69) is 10.0 Å². The molecule has 1 atom stereocenters. The molecule has 0 amide bonds. The van der Waals surface area contributed by atoms with Crippen molar-refractivity contribution in [3.63, 3.8) is 0 Å². The molecule has 1 saturated carbocycles. The second-order valence-corrected chi connectivity index (χ2v) is 10.9. The molecule has 0 unspecified atom stereocenters. The molecule has 1 fully saturated rings. The number of aryl methyl sites for hydroxylation is 1. The molecule has 0 saturated heterocycles. The topological polar surface area (TPSA) is 121 Å². The van der Waals surface area contributed by atoms with E-state index in [0.29, 0.717) is 22.0 Å². The number of aliphatic hydroxyl groups excluding tert-OH is 2. The molecular weight excluding hydrogens is 528 g/mol. The molecule has 8 nitrogen and oxygen atoms in total. The van der Waals surface area contributed by atoms with Gasteiger partial charge < -0.3 is 15.5 Å². The minimum atomic E-state index is -3.96. The Hall–Kier alpha value is -1.70. The van der Waals surface area contributed by atoms with Crippen molar-refractivity contribution in [1.29, 1.82) is 0 Å². The average molecular weight is 551 g/mol. The predicted octanol–water partition coefficient (Wildman–Crippen LogP) is 2.20. The van der Waals surface area contributed by atoms with Crippen molar-refractivity contribution in [2.75, 3.05) is 16.6 Å². The number of sulfonamides is 1. The highest BCUT2D eigenvalue weighted by molar-refractivity contribution is 14.1. The van der Waals surface area contributed by atoms with Crippen molar-refractivity contribution in [1.82, 2.24) is 4.57 Å². The Labute approximate surface area is 187 Å². The van der Waals surface area contributed by atoms with Crippen LogP contribution < -0.4 is 15.6 Å². The quantitative estimate of drug-likeness (QED) is 0.374. The Morgan fingerprint density at radius 1 is 1.30 bits per heavy atom. The van der Waals surface area contributed by atoms with E-state index in [1.165, 1.54) is 29.8 Å². The minimum absolute atomic E-state index is 0.0894. The van der Waals surface area contributed by atoms with Crippen LogP contribution in [-0.4, -0.2) is 40.7 Å². The zero-order valence-corrected chi connectivity index (χ0v) is 19.4. The lowest BCUT2D eigenvalue weighted by atomic mass is 10.2. The molecule has 164 valence electrons. The maximum Gasteiger partial charge on any atom is 0.254 e. The van der Waals surface area contributed by atoms with Gasteiger partial charge in [0.15, 0.2) is 0 Å². The van der Waals surface area contributed by atoms with Gasteiger partial charge >= 0.3 is 0 Å². The molecule has 1 aliphatic carbocycles. The number of hydrogen-bond donors (Lipinski definition) is 4. The highest BCUT2D eigenvalue weighted by Gasteiger charge is 2.55. The predicted molar refractivity (Wildman–Crippen MR) is 121 cm³/mol. The highest BCUT2D eigenvalue weighted by Crippen LogP contribution is 2.48. The Morgan fingerprint density at radius 2 is 1.97 bits per heavy atom. The molecule has 0 spiro atoms. The number of halogens is 2. The molecule has 1 heterocycles. The zero-order valence-electron chi connectivity index (χ0n) is 16.4. The number of anilines is 3. The zero-order chi connectivity index (χ0) is 22.3. The first-order chi connectivity index (χ1) is 14.0. The van der Waals surface area contributed by atoms with Gasteiger partial charge in [0.05, 0.1) is 28.8 Å². The van der Waals surface area contributed by atoms with E-state index in [1.807, 2.05) is 22.6 Å². The Bertz CT molecular complexity index is 1130. The molecule has 30 heavy (non-hydrogen) atoms. The lowest BCUT2D eigenvalue weighted by Crippen LogP contribution is -2.35.